The Morgan fingerprint density at radius 1 is 1.25 bits per heavy atom. The molecule has 0 bridgehead atoms. The van der Waals surface area contributed by atoms with E-state index in [4.69, 9.17) is 11.6 Å². The molecule has 0 aliphatic rings. The van der Waals surface area contributed by atoms with Gasteiger partial charge in [-0.1, -0.05) is 28.1 Å². The van der Waals surface area contributed by atoms with Crippen LogP contribution in [0, 0.1) is 5.82 Å². The largest absolute Gasteiger partial charge is 0.241 e. The van der Waals surface area contributed by atoms with Crippen molar-refractivity contribution in [3.63, 3.8) is 0 Å². The third kappa shape index (κ3) is 3.03. The first kappa shape index (κ1) is 14.0. The normalized spacial score (nSPS) is 12.8. The lowest BCUT2D eigenvalue weighted by atomic mass is 10.1. The van der Waals surface area contributed by atoms with E-state index in [1.807, 2.05) is 30.3 Å². The highest BCUT2D eigenvalue weighted by atomic mass is 79.9. The minimum Gasteiger partial charge on any atom is -0.241 e. The standard InChI is InChI=1S/C15H10BrClFNS/c16-10-5-9(6-11(18)7-10)12(17)8-15-19-13-3-1-2-4-14(13)20-15/h1-7,12H,8H2. The van der Waals surface area contributed by atoms with E-state index in [9.17, 15) is 4.39 Å². The SMILES string of the molecule is Fc1cc(Br)cc(C(Cl)Cc2nc3ccccc3s2)c1. The van der Waals surface area contributed by atoms with Crippen molar-refractivity contribution in [1.82, 2.24) is 4.98 Å². The molecule has 20 heavy (non-hydrogen) atoms. The molecule has 1 atom stereocenters. The average Bonchev–Trinajstić information content (AvgIpc) is 2.79. The van der Waals surface area contributed by atoms with Crippen LogP contribution in [0.5, 0.6) is 0 Å². The van der Waals surface area contributed by atoms with Crippen LogP contribution in [-0.2, 0) is 6.42 Å². The molecule has 0 N–H and O–H groups in total. The van der Waals surface area contributed by atoms with Crippen LogP contribution in [0.2, 0.25) is 0 Å². The van der Waals surface area contributed by atoms with Crippen LogP contribution in [0.4, 0.5) is 4.39 Å². The lowest BCUT2D eigenvalue weighted by Gasteiger charge is -2.08. The van der Waals surface area contributed by atoms with E-state index < -0.39 is 0 Å². The van der Waals surface area contributed by atoms with Gasteiger partial charge in [0.05, 0.1) is 20.6 Å². The Kier molecular flexibility index (Phi) is 4.06. The van der Waals surface area contributed by atoms with Crippen molar-refractivity contribution < 1.29 is 4.39 Å². The minimum atomic E-state index is -0.289. The van der Waals surface area contributed by atoms with Crippen LogP contribution in [0.25, 0.3) is 10.2 Å². The van der Waals surface area contributed by atoms with E-state index in [1.165, 1.54) is 12.1 Å². The van der Waals surface area contributed by atoms with Crippen molar-refractivity contribution in [3.05, 3.63) is 63.3 Å². The maximum absolute atomic E-state index is 13.4. The Balaban J connectivity index is 1.86. The second kappa shape index (κ2) is 5.80. The highest BCUT2D eigenvalue weighted by Crippen LogP contribution is 2.31. The van der Waals surface area contributed by atoms with Crippen LogP contribution >= 0.6 is 38.9 Å². The Bertz CT molecular complexity index is 705. The van der Waals surface area contributed by atoms with Gasteiger partial charge in [-0.05, 0) is 35.9 Å². The molecule has 102 valence electrons. The van der Waals surface area contributed by atoms with Gasteiger partial charge < -0.3 is 0 Å². The molecular weight excluding hydrogens is 361 g/mol. The maximum atomic E-state index is 13.4. The zero-order chi connectivity index (χ0) is 14.1. The number of para-hydroxylation sites is 1. The summed E-state index contributed by atoms with van der Waals surface area (Å²) in [6.45, 7) is 0. The van der Waals surface area contributed by atoms with Crippen LogP contribution in [0.15, 0.2) is 46.9 Å². The van der Waals surface area contributed by atoms with Crippen molar-refractivity contribution in [3.8, 4) is 0 Å². The predicted molar refractivity (Wildman–Crippen MR) is 86.0 cm³/mol. The number of rotatable bonds is 3. The molecule has 2 aromatic carbocycles. The zero-order valence-corrected chi connectivity index (χ0v) is 13.5. The molecular formula is C15H10BrClFNS. The molecule has 0 amide bonds. The number of hydrogen-bond donors (Lipinski definition) is 0. The molecule has 0 aliphatic heterocycles. The van der Waals surface area contributed by atoms with Gasteiger partial charge in [-0.15, -0.1) is 22.9 Å². The molecule has 0 fully saturated rings. The zero-order valence-electron chi connectivity index (χ0n) is 10.3. The van der Waals surface area contributed by atoms with E-state index in [-0.39, 0.29) is 11.2 Å². The Labute approximate surface area is 133 Å². The second-order valence-corrected chi connectivity index (χ2v) is 7.01. The molecule has 0 aliphatic carbocycles. The fraction of sp³-hybridized carbons (Fsp3) is 0.133. The van der Waals surface area contributed by atoms with Gasteiger partial charge in [0.1, 0.15) is 5.82 Å². The van der Waals surface area contributed by atoms with Crippen molar-refractivity contribution in [1.29, 1.82) is 0 Å². The highest BCUT2D eigenvalue weighted by Gasteiger charge is 2.14. The summed E-state index contributed by atoms with van der Waals surface area (Å²) >= 11 is 11.3. The van der Waals surface area contributed by atoms with Crippen molar-refractivity contribution in [2.45, 2.75) is 11.8 Å². The number of nitrogens with zero attached hydrogens (tertiary/aromatic N) is 1. The number of halogens is 3. The summed E-state index contributed by atoms with van der Waals surface area (Å²) in [6, 6.07) is 12.7. The summed E-state index contributed by atoms with van der Waals surface area (Å²) in [5, 5.41) is 0.675. The Morgan fingerprint density at radius 3 is 2.80 bits per heavy atom. The van der Waals surface area contributed by atoms with Gasteiger partial charge in [-0.2, -0.15) is 0 Å². The maximum Gasteiger partial charge on any atom is 0.124 e. The molecule has 0 saturated carbocycles. The summed E-state index contributed by atoms with van der Waals surface area (Å²) in [4.78, 5) is 4.55. The Morgan fingerprint density at radius 2 is 2.05 bits per heavy atom. The lowest BCUT2D eigenvalue weighted by Crippen LogP contribution is -1.96. The molecule has 0 saturated heterocycles. The molecule has 1 nitrogen and oxygen atoms in total. The lowest BCUT2D eigenvalue weighted by molar-refractivity contribution is 0.623. The van der Waals surface area contributed by atoms with Crippen LogP contribution in [0.3, 0.4) is 0 Å². The van der Waals surface area contributed by atoms with E-state index in [2.05, 4.69) is 20.9 Å². The summed E-state index contributed by atoms with van der Waals surface area (Å²) < 4.78 is 15.2. The molecule has 1 heterocycles. The number of thiazole rings is 1. The van der Waals surface area contributed by atoms with Gasteiger partial charge in [-0.3, -0.25) is 0 Å². The fourth-order valence-corrected chi connectivity index (χ4v) is 3.89. The molecule has 1 aromatic heterocycles. The Hall–Kier alpha value is -0.970. The highest BCUT2D eigenvalue weighted by molar-refractivity contribution is 9.10. The molecule has 0 spiro atoms. The topological polar surface area (TPSA) is 12.9 Å². The number of hydrogen-bond acceptors (Lipinski definition) is 2. The smallest absolute Gasteiger partial charge is 0.124 e. The predicted octanol–water partition coefficient (Wildman–Crippen LogP) is 5.72. The van der Waals surface area contributed by atoms with E-state index in [0.29, 0.717) is 10.9 Å². The van der Waals surface area contributed by atoms with Gasteiger partial charge in [-0.25, -0.2) is 9.37 Å². The van der Waals surface area contributed by atoms with Gasteiger partial charge in [0.15, 0.2) is 0 Å². The van der Waals surface area contributed by atoms with Crippen LogP contribution in [0.1, 0.15) is 15.9 Å². The average molecular weight is 371 g/mol. The molecule has 1 unspecified atom stereocenters. The second-order valence-electron chi connectivity index (χ2n) is 4.45. The first-order valence-electron chi connectivity index (χ1n) is 6.06. The van der Waals surface area contributed by atoms with Crippen LogP contribution < -0.4 is 0 Å². The van der Waals surface area contributed by atoms with E-state index >= 15 is 0 Å². The van der Waals surface area contributed by atoms with Gasteiger partial charge in [0, 0.05) is 10.9 Å². The fourth-order valence-electron chi connectivity index (χ4n) is 2.03. The summed E-state index contributed by atoms with van der Waals surface area (Å²) in [6.07, 6.45) is 0.594. The molecule has 5 heteroatoms. The van der Waals surface area contributed by atoms with E-state index in [1.54, 1.807) is 11.3 Å². The molecule has 3 aromatic rings. The quantitative estimate of drug-likeness (QED) is 0.537. The summed E-state index contributed by atoms with van der Waals surface area (Å²) in [7, 11) is 0. The monoisotopic (exact) mass is 369 g/mol. The van der Waals surface area contributed by atoms with Crippen molar-refractivity contribution >= 4 is 49.1 Å². The third-order valence-electron chi connectivity index (χ3n) is 2.94. The summed E-state index contributed by atoms with van der Waals surface area (Å²) in [5.74, 6) is -0.288. The minimum absolute atomic E-state index is 0.288. The van der Waals surface area contributed by atoms with Crippen molar-refractivity contribution in [2.24, 2.45) is 0 Å². The summed E-state index contributed by atoms with van der Waals surface area (Å²) in [5.41, 5.74) is 1.74. The molecule has 3 rings (SSSR count). The van der Waals surface area contributed by atoms with Crippen LogP contribution in [-0.4, -0.2) is 4.98 Å². The van der Waals surface area contributed by atoms with Gasteiger partial charge in [0.2, 0.25) is 0 Å². The molecule has 0 radical (unpaired) electrons. The van der Waals surface area contributed by atoms with Gasteiger partial charge >= 0.3 is 0 Å². The third-order valence-corrected chi connectivity index (χ3v) is 4.86. The number of benzene rings is 2. The number of aromatic nitrogens is 1. The first-order valence-corrected chi connectivity index (χ1v) is 8.11. The van der Waals surface area contributed by atoms with Gasteiger partial charge in [0.25, 0.3) is 0 Å². The van der Waals surface area contributed by atoms with Crippen molar-refractivity contribution in [2.75, 3.05) is 0 Å². The number of alkyl halides is 1. The van der Waals surface area contributed by atoms with E-state index in [0.717, 1.165) is 20.8 Å². The number of fused-ring (bicyclic) bond motifs is 1. The first-order chi connectivity index (χ1) is 9.61.